The number of anilines is 1. The lowest BCUT2D eigenvalue weighted by Crippen LogP contribution is -2.06. The number of pyridine rings is 1. The molecule has 6 heteroatoms. The maximum Gasteiger partial charge on any atom is 0.201 e. The van der Waals surface area contributed by atoms with Crippen LogP contribution < -0.4 is 5.73 Å². The molecule has 0 atom stereocenters. The van der Waals surface area contributed by atoms with E-state index in [4.69, 9.17) is 5.73 Å². The van der Waals surface area contributed by atoms with Crippen LogP contribution >= 0.6 is 0 Å². The predicted octanol–water partition coefficient (Wildman–Crippen LogP) is 2.00. The number of nitrogen functional groups attached to an aromatic ring is 1. The first-order valence-electron chi connectivity index (χ1n) is 6.59. The third-order valence-corrected chi connectivity index (χ3v) is 3.46. The van der Waals surface area contributed by atoms with Crippen LogP contribution in [0.15, 0.2) is 48.8 Å². The van der Waals surface area contributed by atoms with E-state index in [1.807, 2.05) is 41.0 Å². The van der Waals surface area contributed by atoms with Gasteiger partial charge in [0, 0.05) is 11.6 Å². The molecule has 0 aliphatic heterocycles. The van der Waals surface area contributed by atoms with Crippen molar-refractivity contribution in [3.63, 3.8) is 0 Å². The summed E-state index contributed by atoms with van der Waals surface area (Å²) in [6.07, 6.45) is 3.40. The molecule has 0 saturated heterocycles. The van der Waals surface area contributed by atoms with Crippen LogP contribution in [0.4, 0.5) is 5.95 Å². The fourth-order valence-corrected chi connectivity index (χ4v) is 2.52. The van der Waals surface area contributed by atoms with Crippen molar-refractivity contribution in [2.45, 2.75) is 6.54 Å². The van der Waals surface area contributed by atoms with Crippen LogP contribution in [0.25, 0.3) is 21.9 Å². The van der Waals surface area contributed by atoms with E-state index in [0.717, 1.165) is 27.6 Å². The highest BCUT2D eigenvalue weighted by Gasteiger charge is 2.12. The van der Waals surface area contributed by atoms with Gasteiger partial charge in [-0.2, -0.15) is 10.2 Å². The van der Waals surface area contributed by atoms with Crippen LogP contribution in [0.1, 0.15) is 5.69 Å². The van der Waals surface area contributed by atoms with Gasteiger partial charge in [-0.3, -0.25) is 4.98 Å². The minimum atomic E-state index is 0.453. The summed E-state index contributed by atoms with van der Waals surface area (Å²) in [5.74, 6) is 0.453. The van der Waals surface area contributed by atoms with E-state index in [0.29, 0.717) is 12.5 Å². The van der Waals surface area contributed by atoms with Gasteiger partial charge in [-0.15, -0.1) is 0 Å². The smallest absolute Gasteiger partial charge is 0.201 e. The Morgan fingerprint density at radius 2 is 1.95 bits per heavy atom. The number of hydrogen-bond acceptors (Lipinski definition) is 5. The zero-order valence-corrected chi connectivity index (χ0v) is 11.1. The van der Waals surface area contributed by atoms with Gasteiger partial charge in [-0.25, -0.2) is 4.98 Å². The summed E-state index contributed by atoms with van der Waals surface area (Å²) < 4.78 is 1.95. The van der Waals surface area contributed by atoms with Crippen molar-refractivity contribution in [1.29, 1.82) is 0 Å². The van der Waals surface area contributed by atoms with Gasteiger partial charge >= 0.3 is 0 Å². The third-order valence-electron chi connectivity index (χ3n) is 3.46. The number of nitrogens with zero attached hydrogens (tertiary/aromatic N) is 5. The van der Waals surface area contributed by atoms with Gasteiger partial charge in [0.1, 0.15) is 5.52 Å². The first-order chi connectivity index (χ1) is 10.3. The molecule has 2 N–H and O–H groups in total. The van der Waals surface area contributed by atoms with Gasteiger partial charge in [0.15, 0.2) is 0 Å². The number of fused-ring (bicyclic) bond motifs is 3. The number of benzene rings is 1. The summed E-state index contributed by atoms with van der Waals surface area (Å²) in [5.41, 5.74) is 9.59. The van der Waals surface area contributed by atoms with Gasteiger partial charge in [0.2, 0.25) is 5.95 Å². The maximum atomic E-state index is 6.07. The van der Waals surface area contributed by atoms with E-state index in [2.05, 4.69) is 20.2 Å². The SMILES string of the molecule is Nc1nc2cnc3ccccc3c2n1Cc1cccnn1. The fourth-order valence-electron chi connectivity index (χ4n) is 2.52. The van der Waals surface area contributed by atoms with Crippen LogP contribution in [0.2, 0.25) is 0 Å². The van der Waals surface area contributed by atoms with Crippen molar-refractivity contribution in [2.75, 3.05) is 5.73 Å². The van der Waals surface area contributed by atoms with Crippen molar-refractivity contribution in [2.24, 2.45) is 0 Å². The molecule has 21 heavy (non-hydrogen) atoms. The summed E-state index contributed by atoms with van der Waals surface area (Å²) in [6.45, 7) is 0.532. The van der Waals surface area contributed by atoms with E-state index in [1.165, 1.54) is 0 Å². The number of imidazole rings is 1. The highest BCUT2D eigenvalue weighted by molar-refractivity contribution is 6.02. The summed E-state index contributed by atoms with van der Waals surface area (Å²) in [4.78, 5) is 8.80. The molecule has 6 nitrogen and oxygen atoms in total. The van der Waals surface area contributed by atoms with E-state index in [-0.39, 0.29) is 0 Å². The third kappa shape index (κ3) is 1.88. The van der Waals surface area contributed by atoms with Gasteiger partial charge in [0.25, 0.3) is 0 Å². The highest BCUT2D eigenvalue weighted by atomic mass is 15.2. The predicted molar refractivity (Wildman–Crippen MR) is 80.6 cm³/mol. The Kier molecular flexibility index (Phi) is 2.53. The summed E-state index contributed by atoms with van der Waals surface area (Å²) >= 11 is 0. The summed E-state index contributed by atoms with van der Waals surface area (Å²) in [5, 5.41) is 9.04. The van der Waals surface area contributed by atoms with Crippen LogP contribution in [0.3, 0.4) is 0 Å². The van der Waals surface area contributed by atoms with Crippen LogP contribution in [-0.2, 0) is 6.54 Å². The molecule has 1 aromatic carbocycles. The molecule has 0 bridgehead atoms. The zero-order chi connectivity index (χ0) is 14.2. The second-order valence-corrected chi connectivity index (χ2v) is 4.78. The molecular formula is C15H12N6. The molecule has 0 radical (unpaired) electrons. The molecule has 0 fully saturated rings. The monoisotopic (exact) mass is 276 g/mol. The molecular weight excluding hydrogens is 264 g/mol. The number of hydrogen-bond donors (Lipinski definition) is 1. The Bertz CT molecular complexity index is 929. The van der Waals surface area contributed by atoms with Crippen molar-refractivity contribution in [3.8, 4) is 0 Å². The standard InChI is InChI=1S/C15H12N6/c16-15-19-13-8-17-12-6-2-1-5-11(12)14(13)21(15)9-10-4-3-7-18-20-10/h1-8H,9H2,(H2,16,19). The average Bonchev–Trinajstić information content (AvgIpc) is 2.85. The Labute approximate surface area is 120 Å². The molecule has 0 spiro atoms. The van der Waals surface area contributed by atoms with Crippen molar-refractivity contribution in [3.05, 3.63) is 54.5 Å². The van der Waals surface area contributed by atoms with Crippen molar-refractivity contribution >= 4 is 27.9 Å². The van der Waals surface area contributed by atoms with E-state index >= 15 is 0 Å². The minimum absolute atomic E-state index is 0.453. The van der Waals surface area contributed by atoms with Gasteiger partial charge in [-0.1, -0.05) is 18.2 Å². The molecule has 0 unspecified atom stereocenters. The number of para-hydroxylation sites is 1. The van der Waals surface area contributed by atoms with Gasteiger partial charge in [0.05, 0.1) is 29.5 Å². The topological polar surface area (TPSA) is 82.5 Å². The molecule has 3 heterocycles. The summed E-state index contributed by atoms with van der Waals surface area (Å²) in [7, 11) is 0. The quantitative estimate of drug-likeness (QED) is 0.605. The first-order valence-corrected chi connectivity index (χ1v) is 6.59. The van der Waals surface area contributed by atoms with Crippen LogP contribution in [-0.4, -0.2) is 24.7 Å². The Balaban J connectivity index is 1.99. The lowest BCUT2D eigenvalue weighted by Gasteiger charge is -2.07. The van der Waals surface area contributed by atoms with Gasteiger partial charge in [-0.05, 0) is 18.2 Å². The van der Waals surface area contributed by atoms with Crippen LogP contribution in [0.5, 0.6) is 0 Å². The first kappa shape index (κ1) is 11.8. The molecule has 0 aliphatic rings. The van der Waals surface area contributed by atoms with E-state index in [9.17, 15) is 0 Å². The second-order valence-electron chi connectivity index (χ2n) is 4.78. The highest BCUT2D eigenvalue weighted by Crippen LogP contribution is 2.26. The number of rotatable bonds is 2. The number of nitrogens with two attached hydrogens (primary N) is 1. The molecule has 0 amide bonds. The largest absolute Gasteiger partial charge is 0.369 e. The van der Waals surface area contributed by atoms with Crippen molar-refractivity contribution < 1.29 is 0 Å². The minimum Gasteiger partial charge on any atom is -0.369 e. The van der Waals surface area contributed by atoms with E-state index < -0.39 is 0 Å². The van der Waals surface area contributed by atoms with E-state index in [1.54, 1.807) is 12.4 Å². The molecule has 4 aromatic rings. The molecule has 102 valence electrons. The zero-order valence-electron chi connectivity index (χ0n) is 11.1. The average molecular weight is 276 g/mol. The Hall–Kier alpha value is -3.02. The lowest BCUT2D eigenvalue weighted by atomic mass is 10.2. The van der Waals surface area contributed by atoms with Gasteiger partial charge < -0.3 is 10.3 Å². The number of aromatic nitrogens is 5. The molecule has 3 aromatic heterocycles. The fraction of sp³-hybridized carbons (Fsp3) is 0.0667. The summed E-state index contributed by atoms with van der Waals surface area (Å²) in [6, 6.07) is 11.7. The van der Waals surface area contributed by atoms with Crippen LogP contribution in [0, 0.1) is 0 Å². The molecule has 0 aliphatic carbocycles. The molecule has 0 saturated carbocycles. The lowest BCUT2D eigenvalue weighted by molar-refractivity contribution is 0.784. The second kappa shape index (κ2) is 4.52. The Morgan fingerprint density at radius 1 is 1.05 bits per heavy atom. The van der Waals surface area contributed by atoms with Crippen molar-refractivity contribution in [1.82, 2.24) is 24.7 Å². The maximum absolute atomic E-state index is 6.07. The molecule has 4 rings (SSSR count). The Morgan fingerprint density at radius 3 is 2.81 bits per heavy atom. The normalized spacial score (nSPS) is 11.2.